The Kier molecular flexibility index (Phi) is 5.11. The summed E-state index contributed by atoms with van der Waals surface area (Å²) in [6.07, 6.45) is 1.49. The summed E-state index contributed by atoms with van der Waals surface area (Å²) in [6, 6.07) is 3.18. The van der Waals surface area contributed by atoms with Gasteiger partial charge in [-0.2, -0.15) is 4.31 Å². The number of aliphatic hydroxyl groups is 1. The molecule has 1 aromatic carbocycles. The van der Waals surface area contributed by atoms with Crippen LogP contribution in [0.4, 0.5) is 5.69 Å². The van der Waals surface area contributed by atoms with E-state index in [2.05, 4.69) is 6.58 Å². The zero-order chi connectivity index (χ0) is 14.6. The maximum atomic E-state index is 12.5. The number of rotatable bonds is 6. The van der Waals surface area contributed by atoms with Crippen molar-refractivity contribution in [1.29, 1.82) is 0 Å². The van der Waals surface area contributed by atoms with Crippen LogP contribution >= 0.6 is 0 Å². The standard InChI is InChI=1S/C13H20N2O3S/c1-4-5-15(6-7-16)19(17,18)13-9-12(14)8-10(2)11(13)3/h4,8-9,16H,1,5-7,14H2,2-3H3. The zero-order valence-electron chi connectivity index (χ0n) is 11.3. The molecule has 0 amide bonds. The zero-order valence-corrected chi connectivity index (χ0v) is 12.1. The van der Waals surface area contributed by atoms with E-state index in [1.165, 1.54) is 16.4 Å². The molecule has 0 saturated carbocycles. The first-order valence-corrected chi connectivity index (χ1v) is 7.37. The lowest BCUT2D eigenvalue weighted by atomic mass is 10.1. The Morgan fingerprint density at radius 2 is 2.05 bits per heavy atom. The SMILES string of the molecule is C=CCN(CCO)S(=O)(=O)c1cc(N)cc(C)c1C. The number of anilines is 1. The molecule has 0 spiro atoms. The minimum atomic E-state index is -3.68. The second-order valence-electron chi connectivity index (χ2n) is 4.34. The Hall–Kier alpha value is -1.37. The topological polar surface area (TPSA) is 83.6 Å². The monoisotopic (exact) mass is 284 g/mol. The molecular formula is C13H20N2O3S. The molecule has 0 aromatic heterocycles. The molecule has 0 aliphatic rings. The van der Waals surface area contributed by atoms with Gasteiger partial charge in [-0.05, 0) is 37.1 Å². The Morgan fingerprint density at radius 1 is 1.42 bits per heavy atom. The Labute approximate surface area is 114 Å². The number of hydrogen-bond acceptors (Lipinski definition) is 4. The van der Waals surface area contributed by atoms with Crippen molar-refractivity contribution in [1.82, 2.24) is 4.31 Å². The number of hydrogen-bond donors (Lipinski definition) is 2. The summed E-state index contributed by atoms with van der Waals surface area (Å²) >= 11 is 0. The van der Waals surface area contributed by atoms with E-state index in [1.54, 1.807) is 13.0 Å². The average molecular weight is 284 g/mol. The quantitative estimate of drug-likeness (QED) is 0.604. The number of aryl methyl sites for hydroxylation is 1. The van der Waals surface area contributed by atoms with Crippen LogP contribution in [0.1, 0.15) is 11.1 Å². The Balaban J connectivity index is 3.36. The fourth-order valence-electron chi connectivity index (χ4n) is 1.83. The molecule has 6 heteroatoms. The van der Waals surface area contributed by atoms with Crippen molar-refractivity contribution in [3.05, 3.63) is 35.9 Å². The first-order chi connectivity index (χ1) is 8.84. The second kappa shape index (κ2) is 6.18. The van der Waals surface area contributed by atoms with Gasteiger partial charge >= 0.3 is 0 Å². The fraction of sp³-hybridized carbons (Fsp3) is 0.385. The van der Waals surface area contributed by atoms with Crippen molar-refractivity contribution >= 4 is 15.7 Å². The van der Waals surface area contributed by atoms with Gasteiger partial charge in [0.2, 0.25) is 10.0 Å². The van der Waals surface area contributed by atoms with Gasteiger partial charge in [0.25, 0.3) is 0 Å². The van der Waals surface area contributed by atoms with Crippen LogP contribution in [-0.2, 0) is 10.0 Å². The van der Waals surface area contributed by atoms with E-state index in [4.69, 9.17) is 10.8 Å². The third-order valence-electron chi connectivity index (χ3n) is 2.94. The molecule has 0 fully saturated rings. The van der Waals surface area contributed by atoms with Gasteiger partial charge in [-0.3, -0.25) is 0 Å². The highest BCUT2D eigenvalue weighted by Crippen LogP contribution is 2.25. The van der Waals surface area contributed by atoms with E-state index >= 15 is 0 Å². The summed E-state index contributed by atoms with van der Waals surface area (Å²) in [7, 11) is -3.68. The molecule has 3 N–H and O–H groups in total. The van der Waals surface area contributed by atoms with Gasteiger partial charge in [0.1, 0.15) is 0 Å². The van der Waals surface area contributed by atoms with E-state index in [0.29, 0.717) is 11.3 Å². The molecule has 19 heavy (non-hydrogen) atoms. The summed E-state index contributed by atoms with van der Waals surface area (Å²) in [4.78, 5) is 0.181. The predicted octanol–water partition coefficient (Wildman–Crippen LogP) is 1.05. The summed E-state index contributed by atoms with van der Waals surface area (Å²) in [5.74, 6) is 0. The highest BCUT2D eigenvalue weighted by Gasteiger charge is 2.25. The van der Waals surface area contributed by atoms with E-state index in [1.807, 2.05) is 6.92 Å². The first-order valence-electron chi connectivity index (χ1n) is 5.93. The molecule has 0 aliphatic heterocycles. The van der Waals surface area contributed by atoms with Gasteiger partial charge in [-0.25, -0.2) is 8.42 Å². The van der Waals surface area contributed by atoms with E-state index in [0.717, 1.165) is 5.56 Å². The van der Waals surface area contributed by atoms with Crippen LogP contribution in [0, 0.1) is 13.8 Å². The molecule has 1 aromatic rings. The molecule has 1 rings (SSSR count). The molecular weight excluding hydrogens is 264 g/mol. The lowest BCUT2D eigenvalue weighted by Gasteiger charge is -2.21. The van der Waals surface area contributed by atoms with Crippen molar-refractivity contribution in [2.24, 2.45) is 0 Å². The highest BCUT2D eigenvalue weighted by molar-refractivity contribution is 7.89. The van der Waals surface area contributed by atoms with Crippen molar-refractivity contribution in [2.45, 2.75) is 18.7 Å². The van der Waals surface area contributed by atoms with Gasteiger partial charge in [0.15, 0.2) is 0 Å². The van der Waals surface area contributed by atoms with Crippen LogP contribution in [0.3, 0.4) is 0 Å². The van der Waals surface area contributed by atoms with Crippen molar-refractivity contribution < 1.29 is 13.5 Å². The molecule has 0 atom stereocenters. The summed E-state index contributed by atoms with van der Waals surface area (Å²) < 4.78 is 26.3. The number of nitrogens with zero attached hydrogens (tertiary/aromatic N) is 1. The molecule has 0 bridgehead atoms. The van der Waals surface area contributed by atoms with E-state index in [-0.39, 0.29) is 24.6 Å². The maximum Gasteiger partial charge on any atom is 0.243 e. The van der Waals surface area contributed by atoms with Crippen LogP contribution in [0.5, 0.6) is 0 Å². The van der Waals surface area contributed by atoms with Crippen LogP contribution < -0.4 is 5.73 Å². The Morgan fingerprint density at radius 3 is 2.58 bits per heavy atom. The number of sulfonamides is 1. The van der Waals surface area contributed by atoms with E-state index < -0.39 is 10.0 Å². The molecule has 0 aliphatic carbocycles. The van der Waals surface area contributed by atoms with Gasteiger partial charge in [-0.1, -0.05) is 6.08 Å². The summed E-state index contributed by atoms with van der Waals surface area (Å²) in [5, 5.41) is 8.99. The molecule has 0 heterocycles. The lowest BCUT2D eigenvalue weighted by molar-refractivity contribution is 0.260. The van der Waals surface area contributed by atoms with Gasteiger partial charge in [-0.15, -0.1) is 6.58 Å². The number of nitrogens with two attached hydrogens (primary N) is 1. The van der Waals surface area contributed by atoms with Gasteiger partial charge < -0.3 is 10.8 Å². The first kappa shape index (κ1) is 15.7. The van der Waals surface area contributed by atoms with Crippen LogP contribution in [0.2, 0.25) is 0 Å². The third-order valence-corrected chi connectivity index (χ3v) is 4.93. The van der Waals surface area contributed by atoms with Crippen molar-refractivity contribution in [2.75, 3.05) is 25.4 Å². The number of benzene rings is 1. The molecule has 0 saturated heterocycles. The van der Waals surface area contributed by atoms with Crippen molar-refractivity contribution in [3.63, 3.8) is 0 Å². The molecule has 0 radical (unpaired) electrons. The number of nitrogen functional groups attached to an aromatic ring is 1. The fourth-order valence-corrected chi connectivity index (χ4v) is 3.56. The van der Waals surface area contributed by atoms with Crippen LogP contribution in [0.25, 0.3) is 0 Å². The van der Waals surface area contributed by atoms with E-state index in [9.17, 15) is 8.42 Å². The molecule has 5 nitrogen and oxygen atoms in total. The average Bonchev–Trinajstić information content (AvgIpc) is 2.33. The lowest BCUT2D eigenvalue weighted by Crippen LogP contribution is -2.34. The largest absolute Gasteiger partial charge is 0.399 e. The molecule has 106 valence electrons. The normalized spacial score (nSPS) is 11.8. The summed E-state index contributed by atoms with van der Waals surface area (Å²) in [6.45, 7) is 7.03. The molecule has 0 unspecified atom stereocenters. The minimum absolute atomic E-state index is 0.0294. The Bertz CT molecular complexity index is 567. The van der Waals surface area contributed by atoms with Crippen LogP contribution in [0.15, 0.2) is 29.7 Å². The third kappa shape index (κ3) is 3.34. The highest BCUT2D eigenvalue weighted by atomic mass is 32.2. The maximum absolute atomic E-state index is 12.5. The predicted molar refractivity (Wildman–Crippen MR) is 76.4 cm³/mol. The van der Waals surface area contributed by atoms with Crippen LogP contribution in [-0.4, -0.2) is 37.5 Å². The number of aliphatic hydroxyl groups excluding tert-OH is 1. The second-order valence-corrected chi connectivity index (χ2v) is 6.24. The van der Waals surface area contributed by atoms with Crippen molar-refractivity contribution in [3.8, 4) is 0 Å². The minimum Gasteiger partial charge on any atom is -0.399 e. The van der Waals surface area contributed by atoms with Gasteiger partial charge in [0, 0.05) is 18.8 Å². The summed E-state index contributed by atoms with van der Waals surface area (Å²) in [5.41, 5.74) is 7.62. The smallest absolute Gasteiger partial charge is 0.243 e. The van der Waals surface area contributed by atoms with Gasteiger partial charge in [0.05, 0.1) is 11.5 Å².